The van der Waals surface area contributed by atoms with Crippen LogP contribution in [-0.4, -0.2) is 64.1 Å². The van der Waals surface area contributed by atoms with Crippen molar-refractivity contribution in [3.8, 4) is 0 Å². The van der Waals surface area contributed by atoms with Crippen molar-refractivity contribution in [3.63, 3.8) is 0 Å². The fourth-order valence-corrected chi connectivity index (χ4v) is 0.519. The zero-order chi connectivity index (χ0) is 11.8. The van der Waals surface area contributed by atoms with E-state index >= 15 is 0 Å². The van der Waals surface area contributed by atoms with Crippen molar-refractivity contribution in [2.24, 2.45) is 0 Å². The molecule has 16 heavy (non-hydrogen) atoms. The summed E-state index contributed by atoms with van der Waals surface area (Å²) in [6, 6.07) is 0. The summed E-state index contributed by atoms with van der Waals surface area (Å²) in [5.41, 5.74) is 0. The van der Waals surface area contributed by atoms with Crippen LogP contribution in [0.4, 0.5) is 0 Å². The van der Waals surface area contributed by atoms with Crippen LogP contribution >= 0.6 is 0 Å². The van der Waals surface area contributed by atoms with E-state index in [0.717, 1.165) is 0 Å². The first-order valence-corrected chi connectivity index (χ1v) is 3.27. The maximum atomic E-state index is 9.83. The van der Waals surface area contributed by atoms with Gasteiger partial charge in [0.15, 0.2) is 6.10 Å². The predicted molar refractivity (Wildman–Crippen MR) is 43.5 cm³/mol. The third-order valence-corrected chi connectivity index (χ3v) is 0.967. The van der Waals surface area contributed by atoms with E-state index in [9.17, 15) is 30.3 Å². The molecule has 12 nitrogen and oxygen atoms in total. The number of nitrogens with zero attached hydrogens (tertiary/aromatic N) is 3. The van der Waals surface area contributed by atoms with Crippen LogP contribution in [0, 0.1) is 30.3 Å². The molecule has 0 aliphatic rings. The van der Waals surface area contributed by atoms with Crippen molar-refractivity contribution in [2.75, 3.05) is 13.2 Å². The van der Waals surface area contributed by atoms with Crippen molar-refractivity contribution in [3.05, 3.63) is 30.3 Å². The summed E-state index contributed by atoms with van der Waals surface area (Å²) in [5, 5.41) is 25.5. The number of hydrogen-bond donors (Lipinski definition) is 0. The van der Waals surface area contributed by atoms with Crippen molar-refractivity contribution in [1.82, 2.24) is 0 Å². The van der Waals surface area contributed by atoms with Gasteiger partial charge in [-0.25, -0.2) is 0 Å². The van der Waals surface area contributed by atoms with Crippen LogP contribution in [0.5, 0.6) is 0 Å². The molecule has 0 N–H and O–H groups in total. The standard InChI is InChI=1S/C3H5N3O9.Na/c7-4(8)13-1-3(15-6(11)12)2-14-5(9)10;/h3H,1-2H2;. The van der Waals surface area contributed by atoms with Crippen molar-refractivity contribution in [2.45, 2.75) is 6.10 Å². The Bertz CT molecular complexity index is 240. The fourth-order valence-electron chi connectivity index (χ4n) is 0.519. The smallest absolute Gasteiger partial charge is 0.294 e. The molecule has 0 unspecified atom stereocenters. The molecule has 0 rings (SSSR count). The summed E-state index contributed by atoms with van der Waals surface area (Å²) in [6.07, 6.45) is -1.55. The van der Waals surface area contributed by atoms with Gasteiger partial charge in [0, 0.05) is 29.6 Å². The summed E-state index contributed by atoms with van der Waals surface area (Å²) in [5.74, 6) is 0. The van der Waals surface area contributed by atoms with Gasteiger partial charge < -0.3 is 14.5 Å². The molecule has 0 aliphatic carbocycles. The Hall–Kier alpha value is -1.40. The summed E-state index contributed by atoms with van der Waals surface area (Å²) in [7, 11) is 0. The first-order valence-electron chi connectivity index (χ1n) is 3.27. The summed E-state index contributed by atoms with van der Waals surface area (Å²) in [4.78, 5) is 40.5. The van der Waals surface area contributed by atoms with Gasteiger partial charge in [-0.2, -0.15) is 0 Å². The van der Waals surface area contributed by atoms with Gasteiger partial charge in [0.1, 0.15) is 13.2 Å². The Balaban J connectivity index is 0. The van der Waals surface area contributed by atoms with E-state index in [4.69, 9.17) is 0 Å². The van der Waals surface area contributed by atoms with Gasteiger partial charge in [-0.1, -0.05) is 0 Å². The van der Waals surface area contributed by atoms with Crippen LogP contribution in [-0.2, 0) is 14.5 Å². The molecule has 0 aliphatic heterocycles. The predicted octanol–water partition coefficient (Wildman–Crippen LogP) is -1.40. The molecule has 0 aromatic rings. The molecule has 0 heterocycles. The second kappa shape index (κ2) is 8.87. The second-order valence-electron chi connectivity index (χ2n) is 1.99. The molecule has 87 valence electrons. The average Bonchev–Trinajstić information content (AvgIpc) is 2.08. The molecule has 0 aromatic heterocycles. The normalized spacial score (nSPS) is 8.81. The van der Waals surface area contributed by atoms with Crippen molar-refractivity contribution in [1.29, 1.82) is 0 Å². The average molecular weight is 250 g/mol. The van der Waals surface area contributed by atoms with Crippen LogP contribution in [0.15, 0.2) is 0 Å². The van der Waals surface area contributed by atoms with Gasteiger partial charge in [-0.3, -0.25) is 0 Å². The molecule has 0 fully saturated rings. The first kappa shape index (κ1) is 17.0. The maximum absolute atomic E-state index is 9.83. The van der Waals surface area contributed by atoms with Crippen molar-refractivity contribution >= 4 is 29.6 Å². The first-order chi connectivity index (χ1) is 6.91. The Morgan fingerprint density at radius 2 is 1.25 bits per heavy atom. The zero-order valence-electron chi connectivity index (χ0n) is 8.01. The van der Waals surface area contributed by atoms with E-state index in [-0.39, 0.29) is 29.6 Å². The van der Waals surface area contributed by atoms with Crippen LogP contribution in [0.1, 0.15) is 0 Å². The van der Waals surface area contributed by atoms with E-state index in [1.165, 1.54) is 0 Å². The maximum Gasteiger partial charge on any atom is 0.294 e. The Kier molecular flexibility index (Phi) is 9.43. The SMILES string of the molecule is O=[N+]([O-])OCC(CO[N+](=O)[O-])O[N+](=O)[O-].[Na]. The van der Waals surface area contributed by atoms with E-state index in [2.05, 4.69) is 14.5 Å². The molecular weight excluding hydrogens is 245 g/mol. The molecule has 1 radical (unpaired) electrons. The number of hydrogen-bond acceptors (Lipinski definition) is 9. The monoisotopic (exact) mass is 250 g/mol. The van der Waals surface area contributed by atoms with Gasteiger partial charge in [0.25, 0.3) is 15.3 Å². The Morgan fingerprint density at radius 1 is 0.875 bits per heavy atom. The Morgan fingerprint density at radius 3 is 1.50 bits per heavy atom. The molecule has 13 heteroatoms. The summed E-state index contributed by atoms with van der Waals surface area (Å²) < 4.78 is 0. The van der Waals surface area contributed by atoms with Crippen LogP contribution < -0.4 is 0 Å². The molecule has 0 bridgehead atoms. The largest absolute Gasteiger partial charge is 0.311 e. The zero-order valence-corrected chi connectivity index (χ0v) is 10.0. The molecule has 0 aromatic carbocycles. The third-order valence-electron chi connectivity index (χ3n) is 0.967. The van der Waals surface area contributed by atoms with E-state index < -0.39 is 34.6 Å². The van der Waals surface area contributed by atoms with Gasteiger partial charge >= 0.3 is 0 Å². The second-order valence-corrected chi connectivity index (χ2v) is 1.99. The van der Waals surface area contributed by atoms with E-state index in [1.54, 1.807) is 0 Å². The molecule has 0 atom stereocenters. The van der Waals surface area contributed by atoms with Gasteiger partial charge in [-0.15, -0.1) is 30.3 Å². The molecular formula is C3H5N3NaO9. The molecule has 0 amide bonds. The summed E-state index contributed by atoms with van der Waals surface area (Å²) >= 11 is 0. The quantitative estimate of drug-likeness (QED) is 0.286. The minimum atomic E-state index is -1.55. The third kappa shape index (κ3) is 10.7. The van der Waals surface area contributed by atoms with Crippen molar-refractivity contribution < 1.29 is 29.8 Å². The topological polar surface area (TPSA) is 157 Å². The minimum Gasteiger partial charge on any atom is -0.311 e. The Labute approximate surface area is 109 Å². The molecule has 0 saturated heterocycles. The van der Waals surface area contributed by atoms with Crippen LogP contribution in [0.3, 0.4) is 0 Å². The van der Waals surface area contributed by atoms with Gasteiger partial charge in [-0.05, 0) is 0 Å². The van der Waals surface area contributed by atoms with Crippen LogP contribution in [0.2, 0.25) is 0 Å². The molecule has 0 saturated carbocycles. The van der Waals surface area contributed by atoms with Crippen LogP contribution in [0.25, 0.3) is 0 Å². The van der Waals surface area contributed by atoms with Gasteiger partial charge in [0.05, 0.1) is 0 Å². The van der Waals surface area contributed by atoms with Gasteiger partial charge in [0.2, 0.25) is 0 Å². The minimum absolute atomic E-state index is 0. The van der Waals surface area contributed by atoms with E-state index in [0.29, 0.717) is 0 Å². The summed E-state index contributed by atoms with van der Waals surface area (Å²) in [6.45, 7) is -1.69. The fraction of sp³-hybridized carbons (Fsp3) is 1.00. The van der Waals surface area contributed by atoms with E-state index in [1.807, 2.05) is 0 Å². The number of rotatable bonds is 8. The molecule has 0 spiro atoms.